The van der Waals surface area contributed by atoms with Gasteiger partial charge in [-0.3, -0.25) is 9.59 Å². The quantitative estimate of drug-likeness (QED) is 0.890. The highest BCUT2D eigenvalue weighted by Crippen LogP contribution is 2.26. The van der Waals surface area contributed by atoms with Crippen LogP contribution in [0.15, 0.2) is 29.6 Å². The molecule has 0 spiro atoms. The van der Waals surface area contributed by atoms with Gasteiger partial charge in [-0.15, -0.1) is 11.3 Å². The number of carboxylic acids is 1. The Morgan fingerprint density at radius 2 is 2.05 bits per heavy atom. The summed E-state index contributed by atoms with van der Waals surface area (Å²) in [5, 5.41) is 11.7. The fourth-order valence-corrected chi connectivity index (χ4v) is 3.02. The molecule has 0 unspecified atom stereocenters. The van der Waals surface area contributed by atoms with Gasteiger partial charge in [0.25, 0.3) is 0 Å². The van der Waals surface area contributed by atoms with E-state index in [1.807, 2.05) is 29.6 Å². The third-order valence-electron chi connectivity index (χ3n) is 3.21. The minimum Gasteiger partial charge on any atom is -0.481 e. The van der Waals surface area contributed by atoms with Crippen molar-refractivity contribution in [2.45, 2.75) is 19.3 Å². The van der Waals surface area contributed by atoms with E-state index in [2.05, 4.69) is 0 Å². The Bertz CT molecular complexity index is 620. The SMILES string of the molecule is CN(CCCC(=O)O)C(=O)Cc1csc2ccccc12. The zero-order chi connectivity index (χ0) is 14.5. The van der Waals surface area contributed by atoms with Crippen molar-refractivity contribution in [2.75, 3.05) is 13.6 Å². The Labute approximate surface area is 121 Å². The number of nitrogens with zero attached hydrogens (tertiary/aromatic N) is 1. The lowest BCUT2D eigenvalue weighted by Crippen LogP contribution is -2.29. The Morgan fingerprint density at radius 1 is 1.30 bits per heavy atom. The maximum absolute atomic E-state index is 12.1. The van der Waals surface area contributed by atoms with Crippen LogP contribution in [0.4, 0.5) is 0 Å². The summed E-state index contributed by atoms with van der Waals surface area (Å²) >= 11 is 1.64. The Morgan fingerprint density at radius 3 is 2.80 bits per heavy atom. The van der Waals surface area contributed by atoms with E-state index in [1.54, 1.807) is 23.3 Å². The fourth-order valence-electron chi connectivity index (χ4n) is 2.06. The van der Waals surface area contributed by atoms with Gasteiger partial charge in [-0.05, 0) is 28.8 Å². The van der Waals surface area contributed by atoms with Crippen molar-refractivity contribution in [3.8, 4) is 0 Å². The van der Waals surface area contributed by atoms with Crippen molar-refractivity contribution in [3.05, 3.63) is 35.2 Å². The van der Waals surface area contributed by atoms with Crippen LogP contribution in [0.25, 0.3) is 10.1 Å². The lowest BCUT2D eigenvalue weighted by atomic mass is 10.1. The van der Waals surface area contributed by atoms with E-state index in [9.17, 15) is 9.59 Å². The average Bonchev–Trinajstić information content (AvgIpc) is 2.81. The zero-order valence-corrected chi connectivity index (χ0v) is 12.2. The third kappa shape index (κ3) is 3.57. The first-order valence-corrected chi connectivity index (χ1v) is 7.37. The van der Waals surface area contributed by atoms with E-state index < -0.39 is 5.97 Å². The monoisotopic (exact) mass is 291 g/mol. The zero-order valence-electron chi connectivity index (χ0n) is 11.3. The van der Waals surface area contributed by atoms with Gasteiger partial charge in [0.05, 0.1) is 6.42 Å². The van der Waals surface area contributed by atoms with Gasteiger partial charge in [-0.25, -0.2) is 0 Å². The largest absolute Gasteiger partial charge is 0.481 e. The van der Waals surface area contributed by atoms with Crippen LogP contribution in [0.3, 0.4) is 0 Å². The summed E-state index contributed by atoms with van der Waals surface area (Å²) in [5.41, 5.74) is 1.04. The molecule has 0 aliphatic rings. The first-order chi connectivity index (χ1) is 9.58. The van der Waals surface area contributed by atoms with E-state index in [0.717, 1.165) is 10.9 Å². The molecule has 0 saturated carbocycles. The molecule has 0 bridgehead atoms. The van der Waals surface area contributed by atoms with Crippen LogP contribution >= 0.6 is 11.3 Å². The fraction of sp³-hybridized carbons (Fsp3) is 0.333. The van der Waals surface area contributed by atoms with Crippen LogP contribution in [0.5, 0.6) is 0 Å². The summed E-state index contributed by atoms with van der Waals surface area (Å²) in [5.74, 6) is -0.798. The normalized spacial score (nSPS) is 10.7. The molecule has 0 fully saturated rings. The van der Waals surface area contributed by atoms with Crippen LogP contribution in [-0.2, 0) is 16.0 Å². The summed E-state index contributed by atoms with van der Waals surface area (Å²) in [6, 6.07) is 8.03. The van der Waals surface area contributed by atoms with Crippen LogP contribution in [0.1, 0.15) is 18.4 Å². The van der Waals surface area contributed by atoms with Gasteiger partial charge < -0.3 is 10.0 Å². The number of carboxylic acid groups (broad SMARTS) is 1. The molecule has 0 aliphatic carbocycles. The van der Waals surface area contributed by atoms with Gasteiger partial charge >= 0.3 is 5.97 Å². The van der Waals surface area contributed by atoms with Gasteiger partial charge in [-0.2, -0.15) is 0 Å². The van der Waals surface area contributed by atoms with Crippen molar-refractivity contribution in [2.24, 2.45) is 0 Å². The minimum atomic E-state index is -0.824. The van der Waals surface area contributed by atoms with E-state index in [4.69, 9.17) is 5.11 Å². The van der Waals surface area contributed by atoms with E-state index in [0.29, 0.717) is 19.4 Å². The van der Waals surface area contributed by atoms with Crippen LogP contribution in [0.2, 0.25) is 0 Å². The molecule has 0 radical (unpaired) electrons. The van der Waals surface area contributed by atoms with Gasteiger partial charge in [0, 0.05) is 24.7 Å². The molecule has 106 valence electrons. The number of benzene rings is 1. The highest BCUT2D eigenvalue weighted by molar-refractivity contribution is 7.17. The second-order valence-corrected chi connectivity index (χ2v) is 5.66. The number of likely N-dealkylation sites (N-methyl/N-ethyl adjacent to an activating group) is 1. The Balaban J connectivity index is 1.95. The number of fused-ring (bicyclic) bond motifs is 1. The van der Waals surface area contributed by atoms with E-state index in [-0.39, 0.29) is 12.3 Å². The first kappa shape index (κ1) is 14.5. The Kier molecular flexibility index (Phi) is 4.74. The number of amides is 1. The molecular formula is C15H17NO3S. The molecule has 1 N–H and O–H groups in total. The van der Waals surface area contributed by atoms with Gasteiger partial charge in [0.2, 0.25) is 5.91 Å². The minimum absolute atomic E-state index is 0.0268. The topological polar surface area (TPSA) is 57.6 Å². The van der Waals surface area contributed by atoms with Crippen molar-refractivity contribution < 1.29 is 14.7 Å². The van der Waals surface area contributed by atoms with Crippen LogP contribution in [0, 0.1) is 0 Å². The van der Waals surface area contributed by atoms with E-state index >= 15 is 0 Å². The predicted molar refractivity (Wildman–Crippen MR) is 80.0 cm³/mol. The predicted octanol–water partition coefficient (Wildman–Crippen LogP) is 2.77. The molecule has 1 amide bonds. The average molecular weight is 291 g/mol. The highest BCUT2D eigenvalue weighted by atomic mass is 32.1. The van der Waals surface area contributed by atoms with Gasteiger partial charge in [-0.1, -0.05) is 18.2 Å². The molecule has 0 saturated heterocycles. The molecule has 2 aromatic rings. The second kappa shape index (κ2) is 6.52. The highest BCUT2D eigenvalue weighted by Gasteiger charge is 2.13. The molecule has 1 aromatic heterocycles. The van der Waals surface area contributed by atoms with Crippen LogP contribution < -0.4 is 0 Å². The van der Waals surface area contributed by atoms with Crippen LogP contribution in [-0.4, -0.2) is 35.5 Å². The molecule has 1 heterocycles. The maximum atomic E-state index is 12.1. The number of aliphatic carboxylic acids is 1. The molecular weight excluding hydrogens is 274 g/mol. The number of carbonyl (C=O) groups is 2. The standard InChI is InChI=1S/C15H17NO3S/c1-16(8-4-7-15(18)19)14(17)9-11-10-20-13-6-3-2-5-12(11)13/h2-3,5-6,10H,4,7-9H2,1H3,(H,18,19). The first-order valence-electron chi connectivity index (χ1n) is 6.49. The van der Waals surface area contributed by atoms with Gasteiger partial charge in [0.15, 0.2) is 0 Å². The van der Waals surface area contributed by atoms with Gasteiger partial charge in [0.1, 0.15) is 0 Å². The second-order valence-electron chi connectivity index (χ2n) is 4.75. The molecule has 0 aliphatic heterocycles. The number of hydrogen-bond acceptors (Lipinski definition) is 3. The van der Waals surface area contributed by atoms with Crippen molar-refractivity contribution in [1.29, 1.82) is 0 Å². The number of carbonyl (C=O) groups excluding carboxylic acids is 1. The molecule has 20 heavy (non-hydrogen) atoms. The van der Waals surface area contributed by atoms with Crippen molar-refractivity contribution >= 4 is 33.3 Å². The maximum Gasteiger partial charge on any atom is 0.303 e. The summed E-state index contributed by atoms with van der Waals surface area (Å²) in [6.07, 6.45) is 0.953. The number of thiophene rings is 1. The summed E-state index contributed by atoms with van der Waals surface area (Å²) in [6.45, 7) is 0.479. The molecule has 4 nitrogen and oxygen atoms in total. The van der Waals surface area contributed by atoms with Crippen molar-refractivity contribution in [3.63, 3.8) is 0 Å². The Hall–Kier alpha value is -1.88. The molecule has 5 heteroatoms. The number of rotatable bonds is 6. The van der Waals surface area contributed by atoms with E-state index in [1.165, 1.54) is 4.70 Å². The number of hydrogen-bond donors (Lipinski definition) is 1. The summed E-state index contributed by atoms with van der Waals surface area (Å²) in [4.78, 5) is 24.2. The lowest BCUT2D eigenvalue weighted by Gasteiger charge is -2.16. The molecule has 2 rings (SSSR count). The summed E-state index contributed by atoms with van der Waals surface area (Å²) in [7, 11) is 1.72. The molecule has 1 aromatic carbocycles. The lowest BCUT2D eigenvalue weighted by molar-refractivity contribution is -0.138. The molecule has 0 atom stereocenters. The summed E-state index contributed by atoms with van der Waals surface area (Å²) < 4.78 is 1.18. The third-order valence-corrected chi connectivity index (χ3v) is 4.23. The van der Waals surface area contributed by atoms with Crippen molar-refractivity contribution in [1.82, 2.24) is 4.90 Å². The smallest absolute Gasteiger partial charge is 0.303 e.